The molecule has 20 heavy (non-hydrogen) atoms. The molecule has 0 spiro atoms. The van der Waals surface area contributed by atoms with E-state index in [2.05, 4.69) is 0 Å². The van der Waals surface area contributed by atoms with Gasteiger partial charge >= 0.3 is 0 Å². The third-order valence-electron chi connectivity index (χ3n) is 4.10. The van der Waals surface area contributed by atoms with Crippen LogP contribution in [-0.4, -0.2) is 42.3 Å². The first-order chi connectivity index (χ1) is 9.63. The molecule has 1 aromatic rings. The second kappa shape index (κ2) is 6.86. The minimum Gasteiger partial charge on any atom is -0.393 e. The Morgan fingerprint density at radius 2 is 2.10 bits per heavy atom. The fourth-order valence-electron chi connectivity index (χ4n) is 2.78. The maximum Gasteiger partial charge on any atom is 0.223 e. The van der Waals surface area contributed by atoms with Gasteiger partial charge < -0.3 is 14.7 Å². The smallest absolute Gasteiger partial charge is 0.223 e. The van der Waals surface area contributed by atoms with Crippen molar-refractivity contribution >= 4 is 5.91 Å². The van der Waals surface area contributed by atoms with Crippen LogP contribution in [0.5, 0.6) is 0 Å². The lowest BCUT2D eigenvalue weighted by Gasteiger charge is -2.26. The van der Waals surface area contributed by atoms with E-state index in [4.69, 9.17) is 4.74 Å². The number of ether oxygens (including phenoxy) is 1. The second-order valence-corrected chi connectivity index (χ2v) is 5.45. The van der Waals surface area contributed by atoms with Crippen LogP contribution < -0.4 is 0 Å². The number of carbonyl (C=O) groups excluding carboxylic acids is 1. The number of amides is 1. The van der Waals surface area contributed by atoms with Gasteiger partial charge in [-0.25, -0.2) is 0 Å². The molecule has 0 bridgehead atoms. The molecule has 0 aliphatic carbocycles. The average molecular weight is 277 g/mol. The summed E-state index contributed by atoms with van der Waals surface area (Å²) in [7, 11) is 1.62. The number of likely N-dealkylation sites (tertiary alicyclic amines) is 1. The lowest BCUT2D eigenvalue weighted by atomic mass is 9.99. The molecule has 4 heteroatoms. The lowest BCUT2D eigenvalue weighted by molar-refractivity contribution is -0.129. The first-order valence-electron chi connectivity index (χ1n) is 7.15. The highest BCUT2D eigenvalue weighted by molar-refractivity contribution is 5.79. The first-order valence-corrected chi connectivity index (χ1v) is 7.15. The fourth-order valence-corrected chi connectivity index (χ4v) is 2.78. The van der Waals surface area contributed by atoms with E-state index in [0.717, 1.165) is 5.56 Å². The van der Waals surface area contributed by atoms with E-state index >= 15 is 0 Å². The lowest BCUT2D eigenvalue weighted by Crippen LogP contribution is -2.30. The van der Waals surface area contributed by atoms with Gasteiger partial charge in [0.05, 0.1) is 12.1 Å². The van der Waals surface area contributed by atoms with Gasteiger partial charge in [-0.15, -0.1) is 0 Å². The molecule has 3 atom stereocenters. The van der Waals surface area contributed by atoms with Crippen molar-refractivity contribution in [2.45, 2.75) is 31.9 Å². The van der Waals surface area contributed by atoms with E-state index < -0.39 is 6.10 Å². The molecule has 1 unspecified atom stereocenters. The molecular weight excluding hydrogens is 254 g/mol. The zero-order valence-electron chi connectivity index (χ0n) is 12.2. The summed E-state index contributed by atoms with van der Waals surface area (Å²) in [5.41, 5.74) is 1.13. The van der Waals surface area contributed by atoms with Gasteiger partial charge in [-0.2, -0.15) is 0 Å². The number of hydrogen-bond acceptors (Lipinski definition) is 3. The van der Waals surface area contributed by atoms with Crippen molar-refractivity contribution in [3.05, 3.63) is 35.9 Å². The number of rotatable bonds is 6. The van der Waals surface area contributed by atoms with Crippen molar-refractivity contribution in [3.8, 4) is 0 Å². The molecular formula is C16H23NO3. The minimum absolute atomic E-state index is 0.0174. The molecule has 1 aromatic carbocycles. The summed E-state index contributed by atoms with van der Waals surface area (Å²) in [6.07, 6.45) is 0.552. The molecule has 1 aliphatic rings. The van der Waals surface area contributed by atoms with E-state index in [0.29, 0.717) is 26.0 Å². The van der Waals surface area contributed by atoms with Crippen molar-refractivity contribution in [2.75, 3.05) is 20.3 Å². The third-order valence-corrected chi connectivity index (χ3v) is 4.10. The molecule has 2 rings (SSSR count). The largest absolute Gasteiger partial charge is 0.393 e. The summed E-state index contributed by atoms with van der Waals surface area (Å²) >= 11 is 0. The quantitative estimate of drug-likeness (QED) is 0.865. The highest BCUT2D eigenvalue weighted by Crippen LogP contribution is 2.30. The average Bonchev–Trinajstić information content (AvgIpc) is 2.87. The Morgan fingerprint density at radius 3 is 2.75 bits per heavy atom. The van der Waals surface area contributed by atoms with E-state index in [1.54, 1.807) is 7.11 Å². The Bertz CT molecular complexity index is 435. The number of benzene rings is 1. The van der Waals surface area contributed by atoms with E-state index in [-0.39, 0.29) is 17.9 Å². The molecule has 1 aliphatic heterocycles. The van der Waals surface area contributed by atoms with Crippen molar-refractivity contribution < 1.29 is 14.6 Å². The molecule has 1 heterocycles. The summed E-state index contributed by atoms with van der Waals surface area (Å²) < 4.78 is 4.98. The number of nitrogens with zero attached hydrogens (tertiary/aromatic N) is 1. The molecule has 1 N–H and O–H groups in total. The Labute approximate surface area is 120 Å². The SMILES string of the molecule is COCC[C@@H](O)C1CC(=O)N([C@H](C)c2ccccc2)C1. The van der Waals surface area contributed by atoms with Gasteiger partial charge in [0, 0.05) is 32.6 Å². The van der Waals surface area contributed by atoms with E-state index in [1.807, 2.05) is 42.2 Å². The van der Waals surface area contributed by atoms with Gasteiger partial charge in [0.2, 0.25) is 5.91 Å². The van der Waals surface area contributed by atoms with Crippen LogP contribution in [0.4, 0.5) is 0 Å². The summed E-state index contributed by atoms with van der Waals surface area (Å²) in [5, 5.41) is 10.1. The molecule has 1 fully saturated rings. The maximum absolute atomic E-state index is 12.2. The van der Waals surface area contributed by atoms with E-state index in [1.165, 1.54) is 0 Å². The van der Waals surface area contributed by atoms with Gasteiger partial charge in [0.25, 0.3) is 0 Å². The highest BCUT2D eigenvalue weighted by atomic mass is 16.5. The number of aliphatic hydroxyl groups is 1. The maximum atomic E-state index is 12.2. The summed E-state index contributed by atoms with van der Waals surface area (Å²) in [4.78, 5) is 14.0. The summed E-state index contributed by atoms with van der Waals surface area (Å²) in [6.45, 7) is 3.19. The van der Waals surface area contributed by atoms with Gasteiger partial charge in [0.1, 0.15) is 0 Å². The minimum atomic E-state index is -0.466. The molecule has 110 valence electrons. The Kier molecular flexibility index (Phi) is 5.15. The number of methoxy groups -OCH3 is 1. The van der Waals surface area contributed by atoms with Crippen LogP contribution in [0.15, 0.2) is 30.3 Å². The number of aliphatic hydroxyl groups excluding tert-OH is 1. The molecule has 1 saturated heterocycles. The zero-order chi connectivity index (χ0) is 14.5. The van der Waals surface area contributed by atoms with Crippen molar-refractivity contribution in [1.29, 1.82) is 0 Å². The zero-order valence-corrected chi connectivity index (χ0v) is 12.2. The van der Waals surface area contributed by atoms with Crippen LogP contribution in [0.1, 0.15) is 31.4 Å². The fraction of sp³-hybridized carbons (Fsp3) is 0.562. The van der Waals surface area contributed by atoms with Crippen molar-refractivity contribution in [3.63, 3.8) is 0 Å². The third kappa shape index (κ3) is 3.38. The number of carbonyl (C=O) groups is 1. The predicted octanol–water partition coefficient (Wildman–Crippen LogP) is 1.99. The van der Waals surface area contributed by atoms with Crippen molar-refractivity contribution in [1.82, 2.24) is 4.90 Å². The predicted molar refractivity (Wildman–Crippen MR) is 77.2 cm³/mol. The summed E-state index contributed by atoms with van der Waals surface area (Å²) in [6, 6.07) is 10.1. The topological polar surface area (TPSA) is 49.8 Å². The van der Waals surface area contributed by atoms with Gasteiger partial charge in [-0.1, -0.05) is 30.3 Å². The van der Waals surface area contributed by atoms with Gasteiger partial charge in [-0.05, 0) is 18.9 Å². The first kappa shape index (κ1) is 15.0. The monoisotopic (exact) mass is 277 g/mol. The molecule has 0 saturated carbocycles. The molecule has 0 radical (unpaired) electrons. The van der Waals surface area contributed by atoms with Crippen molar-refractivity contribution in [2.24, 2.45) is 5.92 Å². The normalized spacial score (nSPS) is 22.1. The van der Waals surface area contributed by atoms with Crippen LogP contribution in [0.25, 0.3) is 0 Å². The van der Waals surface area contributed by atoms with Gasteiger partial charge in [0.15, 0.2) is 0 Å². The van der Waals surface area contributed by atoms with Gasteiger partial charge in [-0.3, -0.25) is 4.79 Å². The van der Waals surface area contributed by atoms with Crippen LogP contribution >= 0.6 is 0 Å². The summed E-state index contributed by atoms with van der Waals surface area (Å²) in [5.74, 6) is 0.145. The van der Waals surface area contributed by atoms with Crippen LogP contribution in [0, 0.1) is 5.92 Å². The second-order valence-electron chi connectivity index (χ2n) is 5.45. The number of hydrogen-bond donors (Lipinski definition) is 1. The molecule has 4 nitrogen and oxygen atoms in total. The molecule has 0 aromatic heterocycles. The Balaban J connectivity index is 1.99. The Morgan fingerprint density at radius 1 is 1.40 bits per heavy atom. The Hall–Kier alpha value is -1.39. The molecule has 1 amide bonds. The standard InChI is InChI=1S/C16H23NO3/c1-12(13-6-4-3-5-7-13)17-11-14(10-16(17)19)15(18)8-9-20-2/h3-7,12,14-15,18H,8-11H2,1-2H3/t12-,14?,15-/m1/s1. The van der Waals surface area contributed by atoms with Crippen LogP contribution in [0.2, 0.25) is 0 Å². The van der Waals surface area contributed by atoms with Crippen LogP contribution in [-0.2, 0) is 9.53 Å². The highest BCUT2D eigenvalue weighted by Gasteiger charge is 2.36. The van der Waals surface area contributed by atoms with Crippen LogP contribution in [0.3, 0.4) is 0 Å². The van der Waals surface area contributed by atoms with E-state index in [9.17, 15) is 9.90 Å².